The number of nitro benzene ring substituents is 1. The third-order valence-corrected chi connectivity index (χ3v) is 3.54. The number of likely N-dealkylation sites (tertiary alicyclic amines) is 1. The van der Waals surface area contributed by atoms with Gasteiger partial charge in [-0.25, -0.2) is 0 Å². The van der Waals surface area contributed by atoms with Gasteiger partial charge in [0.15, 0.2) is 0 Å². The Hall–Kier alpha value is -0.880. The molecule has 0 bridgehead atoms. The van der Waals surface area contributed by atoms with Crippen molar-refractivity contribution >= 4 is 29.7 Å². The van der Waals surface area contributed by atoms with Crippen LogP contribution in [0.2, 0.25) is 5.02 Å². The summed E-state index contributed by atoms with van der Waals surface area (Å²) in [4.78, 5) is 12.4. The van der Waals surface area contributed by atoms with Crippen molar-refractivity contribution in [2.75, 3.05) is 13.1 Å². The summed E-state index contributed by atoms with van der Waals surface area (Å²) >= 11 is 6.07. The van der Waals surface area contributed by atoms with Crippen LogP contribution in [-0.2, 0) is 6.54 Å². The average Bonchev–Trinajstić information content (AvgIpc) is 2.31. The zero-order chi connectivity index (χ0) is 13.1. The lowest BCUT2D eigenvalue weighted by molar-refractivity contribution is -0.384. The lowest BCUT2D eigenvalue weighted by Gasteiger charge is -2.30. The van der Waals surface area contributed by atoms with Crippen LogP contribution < -0.4 is 5.73 Å². The smallest absolute Gasteiger partial charge is 0.270 e. The molecule has 0 unspecified atom stereocenters. The molecule has 106 valence electrons. The van der Waals surface area contributed by atoms with E-state index in [1.54, 1.807) is 6.07 Å². The van der Waals surface area contributed by atoms with Crippen LogP contribution >= 0.6 is 24.0 Å². The highest BCUT2D eigenvalue weighted by molar-refractivity contribution is 6.31. The van der Waals surface area contributed by atoms with Crippen molar-refractivity contribution in [3.63, 3.8) is 0 Å². The molecule has 19 heavy (non-hydrogen) atoms. The van der Waals surface area contributed by atoms with Crippen molar-refractivity contribution in [3.8, 4) is 0 Å². The van der Waals surface area contributed by atoms with Gasteiger partial charge in [0, 0.05) is 31.3 Å². The van der Waals surface area contributed by atoms with Crippen molar-refractivity contribution in [2.24, 2.45) is 5.73 Å². The maximum absolute atomic E-state index is 10.6. The number of hydrogen-bond donors (Lipinski definition) is 1. The SMILES string of the molecule is Cl.N[C@@H]1CCCN(Cc2ccc([N+](=O)[O-])cc2Cl)C1. The van der Waals surface area contributed by atoms with Gasteiger partial charge in [0.05, 0.1) is 9.95 Å². The van der Waals surface area contributed by atoms with E-state index in [-0.39, 0.29) is 24.1 Å². The summed E-state index contributed by atoms with van der Waals surface area (Å²) in [5.41, 5.74) is 6.86. The molecule has 0 aromatic heterocycles. The van der Waals surface area contributed by atoms with Gasteiger partial charge in [0.1, 0.15) is 0 Å². The Morgan fingerprint density at radius 2 is 2.26 bits per heavy atom. The van der Waals surface area contributed by atoms with E-state index in [0.29, 0.717) is 11.6 Å². The molecule has 1 aromatic carbocycles. The number of nitro groups is 1. The Morgan fingerprint density at radius 1 is 1.53 bits per heavy atom. The zero-order valence-corrected chi connectivity index (χ0v) is 12.0. The van der Waals surface area contributed by atoms with Gasteiger partial charge >= 0.3 is 0 Å². The largest absolute Gasteiger partial charge is 0.327 e. The maximum atomic E-state index is 10.6. The molecule has 0 saturated carbocycles. The first-order valence-corrected chi connectivity index (χ1v) is 6.35. The van der Waals surface area contributed by atoms with Crippen molar-refractivity contribution in [2.45, 2.75) is 25.4 Å². The number of piperidine rings is 1. The Kier molecular flexibility index (Phi) is 6.00. The molecule has 5 nitrogen and oxygen atoms in total. The Balaban J connectivity index is 0.00000180. The third kappa shape index (κ3) is 4.31. The minimum atomic E-state index is -0.438. The molecule has 0 amide bonds. The number of non-ortho nitro benzene ring substituents is 1. The van der Waals surface area contributed by atoms with E-state index in [2.05, 4.69) is 4.90 Å². The third-order valence-electron chi connectivity index (χ3n) is 3.18. The Bertz CT molecular complexity index is 457. The van der Waals surface area contributed by atoms with Crippen molar-refractivity contribution < 1.29 is 4.92 Å². The quantitative estimate of drug-likeness (QED) is 0.688. The molecule has 1 saturated heterocycles. The number of nitrogens with zero attached hydrogens (tertiary/aromatic N) is 2. The molecule has 2 rings (SSSR count). The maximum Gasteiger partial charge on any atom is 0.270 e. The number of nitrogens with two attached hydrogens (primary N) is 1. The van der Waals surface area contributed by atoms with E-state index < -0.39 is 4.92 Å². The lowest BCUT2D eigenvalue weighted by Crippen LogP contribution is -2.42. The standard InChI is InChI=1S/C12H16ClN3O2.ClH/c13-12-6-11(16(17)18)4-3-9(12)7-15-5-1-2-10(14)8-15;/h3-4,6,10H,1-2,5,7-8,14H2;1H/t10-;/m1./s1. The summed E-state index contributed by atoms with van der Waals surface area (Å²) in [7, 11) is 0. The molecule has 2 N–H and O–H groups in total. The first kappa shape index (κ1) is 16.2. The van der Waals surface area contributed by atoms with E-state index in [0.717, 1.165) is 31.5 Å². The molecule has 1 heterocycles. The van der Waals surface area contributed by atoms with Crippen molar-refractivity contribution in [3.05, 3.63) is 38.9 Å². The van der Waals surface area contributed by atoms with E-state index in [1.165, 1.54) is 12.1 Å². The van der Waals surface area contributed by atoms with Crippen LogP contribution in [0.1, 0.15) is 18.4 Å². The first-order chi connectivity index (χ1) is 8.56. The second kappa shape index (κ2) is 7.05. The Labute approximate surface area is 123 Å². The van der Waals surface area contributed by atoms with Crippen LogP contribution in [0.3, 0.4) is 0 Å². The predicted molar refractivity (Wildman–Crippen MR) is 77.8 cm³/mol. The normalized spacial score (nSPS) is 19.8. The molecule has 0 spiro atoms. The summed E-state index contributed by atoms with van der Waals surface area (Å²) in [6.07, 6.45) is 2.15. The summed E-state index contributed by atoms with van der Waals surface area (Å²) in [5, 5.41) is 11.1. The summed E-state index contributed by atoms with van der Waals surface area (Å²) < 4.78 is 0. The van der Waals surface area contributed by atoms with Crippen LogP contribution in [0.25, 0.3) is 0 Å². The second-order valence-corrected chi connectivity index (χ2v) is 5.08. The van der Waals surface area contributed by atoms with Gasteiger partial charge in [-0.3, -0.25) is 15.0 Å². The number of benzene rings is 1. The van der Waals surface area contributed by atoms with Gasteiger partial charge in [0.25, 0.3) is 5.69 Å². The summed E-state index contributed by atoms with van der Waals surface area (Å²) in [6.45, 7) is 2.55. The molecule has 1 fully saturated rings. The van der Waals surface area contributed by atoms with Gasteiger partial charge in [-0.05, 0) is 31.0 Å². The highest BCUT2D eigenvalue weighted by Gasteiger charge is 2.18. The van der Waals surface area contributed by atoms with Crippen molar-refractivity contribution in [1.29, 1.82) is 0 Å². The van der Waals surface area contributed by atoms with Gasteiger partial charge < -0.3 is 5.73 Å². The van der Waals surface area contributed by atoms with Gasteiger partial charge in [-0.1, -0.05) is 11.6 Å². The predicted octanol–water partition coefficient (Wildman–Crippen LogP) is 2.59. The van der Waals surface area contributed by atoms with E-state index >= 15 is 0 Å². The lowest BCUT2D eigenvalue weighted by atomic mass is 10.1. The van der Waals surface area contributed by atoms with Gasteiger partial charge in [-0.2, -0.15) is 0 Å². The van der Waals surface area contributed by atoms with E-state index in [1.807, 2.05) is 0 Å². The Morgan fingerprint density at radius 3 is 2.84 bits per heavy atom. The minimum absolute atomic E-state index is 0. The fraction of sp³-hybridized carbons (Fsp3) is 0.500. The van der Waals surface area contributed by atoms with Crippen LogP contribution in [-0.4, -0.2) is 29.0 Å². The zero-order valence-electron chi connectivity index (χ0n) is 10.4. The monoisotopic (exact) mass is 305 g/mol. The fourth-order valence-electron chi connectivity index (χ4n) is 2.25. The molecule has 1 aromatic rings. The van der Waals surface area contributed by atoms with Gasteiger partial charge in [-0.15, -0.1) is 12.4 Å². The molecule has 7 heteroatoms. The van der Waals surface area contributed by atoms with Crippen LogP contribution in [0, 0.1) is 10.1 Å². The van der Waals surface area contributed by atoms with Gasteiger partial charge in [0.2, 0.25) is 0 Å². The molecular weight excluding hydrogens is 289 g/mol. The number of hydrogen-bond acceptors (Lipinski definition) is 4. The molecule has 0 radical (unpaired) electrons. The highest BCUT2D eigenvalue weighted by atomic mass is 35.5. The highest BCUT2D eigenvalue weighted by Crippen LogP contribution is 2.24. The number of halogens is 2. The minimum Gasteiger partial charge on any atom is -0.327 e. The van der Waals surface area contributed by atoms with Crippen LogP contribution in [0.5, 0.6) is 0 Å². The van der Waals surface area contributed by atoms with E-state index in [9.17, 15) is 10.1 Å². The summed E-state index contributed by atoms with van der Waals surface area (Å²) in [5.74, 6) is 0. The fourth-order valence-corrected chi connectivity index (χ4v) is 2.49. The van der Waals surface area contributed by atoms with Crippen LogP contribution in [0.15, 0.2) is 18.2 Å². The van der Waals surface area contributed by atoms with Crippen molar-refractivity contribution in [1.82, 2.24) is 4.90 Å². The van der Waals surface area contributed by atoms with Crippen LogP contribution in [0.4, 0.5) is 5.69 Å². The topological polar surface area (TPSA) is 72.4 Å². The molecule has 0 aliphatic carbocycles. The van der Waals surface area contributed by atoms with E-state index in [4.69, 9.17) is 17.3 Å². The second-order valence-electron chi connectivity index (χ2n) is 4.67. The average molecular weight is 306 g/mol. The first-order valence-electron chi connectivity index (χ1n) is 5.97. The molecule has 1 aliphatic rings. The molecular formula is C12H17Cl2N3O2. The molecule has 1 atom stereocenters. The number of rotatable bonds is 3. The molecule has 1 aliphatic heterocycles. The summed E-state index contributed by atoms with van der Waals surface area (Å²) in [6, 6.07) is 4.84.